The first-order valence-electron chi connectivity index (χ1n) is 9.16. The number of guanidine groups is 1. The summed E-state index contributed by atoms with van der Waals surface area (Å²) >= 11 is 0. The number of halogens is 1. The Balaban J connectivity index is 0.00000450. The molecule has 0 saturated heterocycles. The molecule has 9 heteroatoms. The summed E-state index contributed by atoms with van der Waals surface area (Å²) in [5, 5.41) is 6.50. The molecule has 0 saturated carbocycles. The molecule has 2 N–H and O–H groups in total. The second-order valence-corrected chi connectivity index (χ2v) is 5.92. The topological polar surface area (TPSA) is 82.6 Å². The van der Waals surface area contributed by atoms with Crippen LogP contribution in [0.1, 0.15) is 12.5 Å². The summed E-state index contributed by atoms with van der Waals surface area (Å²) in [6.45, 7) is 3.14. The van der Waals surface area contributed by atoms with E-state index < -0.39 is 0 Å². The van der Waals surface area contributed by atoms with Gasteiger partial charge < -0.3 is 34.3 Å². The van der Waals surface area contributed by atoms with E-state index in [9.17, 15) is 0 Å². The molecule has 166 valence electrons. The Kier molecular flexibility index (Phi) is 10.9. The van der Waals surface area contributed by atoms with Crippen molar-refractivity contribution in [1.82, 2.24) is 5.32 Å². The van der Waals surface area contributed by atoms with Crippen LogP contribution in [0.15, 0.2) is 35.3 Å². The number of aliphatic imine (C=N–C) groups is 1. The van der Waals surface area contributed by atoms with E-state index in [1.165, 1.54) is 0 Å². The van der Waals surface area contributed by atoms with Crippen LogP contribution < -0.4 is 34.3 Å². The summed E-state index contributed by atoms with van der Waals surface area (Å²) in [4.78, 5) is 4.65. The van der Waals surface area contributed by atoms with Crippen LogP contribution in [0.2, 0.25) is 0 Å². The Bertz CT molecular complexity index is 820. The third-order valence-electron chi connectivity index (χ3n) is 4.13. The first-order valence-corrected chi connectivity index (χ1v) is 9.16. The van der Waals surface area contributed by atoms with E-state index >= 15 is 0 Å². The van der Waals surface area contributed by atoms with Gasteiger partial charge in [-0.2, -0.15) is 0 Å². The van der Waals surface area contributed by atoms with E-state index in [0.29, 0.717) is 47.8 Å². The minimum atomic E-state index is 0. The minimum absolute atomic E-state index is 0. The van der Waals surface area contributed by atoms with Crippen LogP contribution in [0, 0.1) is 0 Å². The number of benzene rings is 2. The molecule has 0 amide bonds. The highest BCUT2D eigenvalue weighted by molar-refractivity contribution is 14.0. The van der Waals surface area contributed by atoms with E-state index in [1.54, 1.807) is 35.5 Å². The lowest BCUT2D eigenvalue weighted by Gasteiger charge is -2.15. The van der Waals surface area contributed by atoms with Gasteiger partial charge in [0.25, 0.3) is 0 Å². The lowest BCUT2D eigenvalue weighted by molar-refractivity contribution is 0.324. The van der Waals surface area contributed by atoms with Crippen LogP contribution >= 0.6 is 24.0 Å². The van der Waals surface area contributed by atoms with Crippen molar-refractivity contribution in [2.24, 2.45) is 4.99 Å². The van der Waals surface area contributed by atoms with Gasteiger partial charge in [-0.25, -0.2) is 4.99 Å². The van der Waals surface area contributed by atoms with Crippen LogP contribution in [0.25, 0.3) is 0 Å². The van der Waals surface area contributed by atoms with Gasteiger partial charge in [0, 0.05) is 18.3 Å². The van der Waals surface area contributed by atoms with Crippen molar-refractivity contribution in [3.63, 3.8) is 0 Å². The molecule has 8 nitrogen and oxygen atoms in total. The zero-order chi connectivity index (χ0) is 21.2. The Hall–Kier alpha value is -2.56. The molecule has 2 rings (SSSR count). The van der Waals surface area contributed by atoms with Gasteiger partial charge in [0.1, 0.15) is 0 Å². The summed E-state index contributed by atoms with van der Waals surface area (Å²) in [7, 11) is 7.97. The van der Waals surface area contributed by atoms with Gasteiger partial charge in [-0.05, 0) is 36.8 Å². The summed E-state index contributed by atoms with van der Waals surface area (Å²) in [5.41, 5.74) is 1.75. The number of hydrogen-bond donors (Lipinski definition) is 2. The normalized spacial score (nSPS) is 10.5. The van der Waals surface area contributed by atoms with E-state index in [2.05, 4.69) is 15.6 Å². The quantitative estimate of drug-likeness (QED) is 0.288. The molecule has 30 heavy (non-hydrogen) atoms. The molecule has 0 bridgehead atoms. The fourth-order valence-corrected chi connectivity index (χ4v) is 2.75. The molecule has 0 unspecified atom stereocenters. The molecule has 0 aliphatic rings. The highest BCUT2D eigenvalue weighted by Gasteiger charge is 2.13. The van der Waals surface area contributed by atoms with Crippen LogP contribution in [-0.4, -0.2) is 48.1 Å². The molecular formula is C21H30IN3O5. The van der Waals surface area contributed by atoms with Crippen molar-refractivity contribution in [3.05, 3.63) is 35.9 Å². The number of nitrogens with zero attached hydrogens (tertiary/aromatic N) is 1. The molecule has 0 radical (unpaired) electrons. The smallest absolute Gasteiger partial charge is 0.203 e. The average Bonchev–Trinajstić information content (AvgIpc) is 2.76. The van der Waals surface area contributed by atoms with Crippen LogP contribution in [0.3, 0.4) is 0 Å². The number of ether oxygens (including phenoxy) is 5. The first-order chi connectivity index (χ1) is 14.1. The summed E-state index contributed by atoms with van der Waals surface area (Å²) in [5.74, 6) is 3.67. The lowest BCUT2D eigenvalue weighted by atomic mass is 10.2. The van der Waals surface area contributed by atoms with E-state index in [1.807, 2.05) is 37.3 Å². The third-order valence-corrected chi connectivity index (χ3v) is 4.13. The van der Waals surface area contributed by atoms with Crippen molar-refractivity contribution in [2.75, 3.05) is 47.4 Å². The predicted octanol–water partition coefficient (Wildman–Crippen LogP) is 3.93. The Labute approximate surface area is 194 Å². The SMILES string of the molecule is CCNC(=NCc1cc(OC)c(OC)c(OC)c1)Nc1ccc(OC)c(OC)c1.I. The molecule has 0 spiro atoms. The zero-order valence-corrected chi connectivity index (χ0v) is 20.5. The largest absolute Gasteiger partial charge is 0.493 e. The second kappa shape index (κ2) is 12.9. The minimum Gasteiger partial charge on any atom is -0.493 e. The van der Waals surface area contributed by atoms with Crippen molar-refractivity contribution in [1.29, 1.82) is 0 Å². The standard InChI is InChI=1S/C21H29N3O5.HI/c1-7-22-21(24-15-8-9-16(25-2)17(12-15)26-3)23-13-14-10-18(27-4)20(29-6)19(11-14)28-5;/h8-12H,7,13H2,1-6H3,(H2,22,23,24);1H. The lowest BCUT2D eigenvalue weighted by Crippen LogP contribution is -2.30. The highest BCUT2D eigenvalue weighted by atomic mass is 127. The van der Waals surface area contributed by atoms with Crippen LogP contribution in [-0.2, 0) is 6.54 Å². The second-order valence-electron chi connectivity index (χ2n) is 5.92. The predicted molar refractivity (Wildman–Crippen MR) is 129 cm³/mol. The molecule has 0 heterocycles. The maximum Gasteiger partial charge on any atom is 0.203 e. The third kappa shape index (κ3) is 6.48. The molecule has 0 aliphatic heterocycles. The van der Waals surface area contributed by atoms with Gasteiger partial charge in [0.05, 0.1) is 42.1 Å². The maximum absolute atomic E-state index is 5.41. The number of methoxy groups -OCH3 is 5. The maximum atomic E-state index is 5.41. The number of hydrogen-bond acceptors (Lipinski definition) is 6. The Morgan fingerprint density at radius 2 is 1.40 bits per heavy atom. The Morgan fingerprint density at radius 1 is 0.800 bits per heavy atom. The number of nitrogens with one attached hydrogen (secondary N) is 2. The first kappa shape index (κ1) is 25.5. The molecule has 0 aliphatic carbocycles. The molecule has 0 fully saturated rings. The summed E-state index contributed by atoms with van der Waals surface area (Å²) < 4.78 is 26.8. The molecular weight excluding hydrogens is 501 g/mol. The van der Waals surface area contributed by atoms with Crippen LogP contribution in [0.5, 0.6) is 28.7 Å². The van der Waals surface area contributed by atoms with Gasteiger partial charge in [0.2, 0.25) is 5.75 Å². The van der Waals surface area contributed by atoms with Crippen molar-refractivity contribution in [2.45, 2.75) is 13.5 Å². The molecule has 2 aromatic rings. The molecule has 0 aromatic heterocycles. The fourth-order valence-electron chi connectivity index (χ4n) is 2.75. The number of anilines is 1. The average molecular weight is 531 g/mol. The van der Waals surface area contributed by atoms with E-state index in [4.69, 9.17) is 23.7 Å². The van der Waals surface area contributed by atoms with Crippen LogP contribution in [0.4, 0.5) is 5.69 Å². The monoisotopic (exact) mass is 531 g/mol. The summed E-state index contributed by atoms with van der Waals surface area (Å²) in [6.07, 6.45) is 0. The van der Waals surface area contributed by atoms with E-state index in [0.717, 1.165) is 11.3 Å². The van der Waals surface area contributed by atoms with Crippen molar-refractivity contribution in [3.8, 4) is 28.7 Å². The zero-order valence-electron chi connectivity index (χ0n) is 18.2. The fraction of sp³-hybridized carbons (Fsp3) is 0.381. The van der Waals surface area contributed by atoms with E-state index in [-0.39, 0.29) is 24.0 Å². The van der Waals surface area contributed by atoms with Gasteiger partial charge in [-0.1, -0.05) is 0 Å². The molecule has 0 atom stereocenters. The van der Waals surface area contributed by atoms with Crippen molar-refractivity contribution >= 4 is 35.6 Å². The highest BCUT2D eigenvalue weighted by Crippen LogP contribution is 2.38. The van der Waals surface area contributed by atoms with Gasteiger partial charge >= 0.3 is 0 Å². The molecule has 2 aromatic carbocycles. The number of rotatable bonds is 9. The Morgan fingerprint density at radius 3 is 1.90 bits per heavy atom. The van der Waals surface area contributed by atoms with Gasteiger partial charge in [0.15, 0.2) is 29.0 Å². The van der Waals surface area contributed by atoms with Gasteiger partial charge in [-0.3, -0.25) is 0 Å². The van der Waals surface area contributed by atoms with Crippen molar-refractivity contribution < 1.29 is 23.7 Å². The summed E-state index contributed by atoms with van der Waals surface area (Å²) in [6, 6.07) is 9.35. The van der Waals surface area contributed by atoms with Gasteiger partial charge in [-0.15, -0.1) is 24.0 Å².